The van der Waals surface area contributed by atoms with Gasteiger partial charge in [-0.3, -0.25) is 4.79 Å². The smallest absolute Gasteiger partial charge is 0.243 e. The highest BCUT2D eigenvalue weighted by atomic mass is 16.5. The molecule has 3 heteroatoms. The molecular formula is C17H25NO2. The SMILES string of the molecule is CCCCCNC(=O)/C=C/c1c(C)cc(OC)cc1C. The lowest BCUT2D eigenvalue weighted by molar-refractivity contribution is -0.116. The minimum Gasteiger partial charge on any atom is -0.497 e. The third-order valence-electron chi connectivity index (χ3n) is 3.28. The van der Waals surface area contributed by atoms with Crippen LogP contribution in [0.5, 0.6) is 5.75 Å². The van der Waals surface area contributed by atoms with Gasteiger partial charge < -0.3 is 10.1 Å². The van der Waals surface area contributed by atoms with E-state index in [9.17, 15) is 4.79 Å². The molecule has 0 heterocycles. The van der Waals surface area contributed by atoms with Crippen molar-refractivity contribution >= 4 is 12.0 Å². The lowest BCUT2D eigenvalue weighted by Gasteiger charge is -2.08. The van der Waals surface area contributed by atoms with Crippen LogP contribution >= 0.6 is 0 Å². The second-order valence-electron chi connectivity index (χ2n) is 5.01. The molecule has 0 atom stereocenters. The molecule has 1 N–H and O–H groups in total. The first-order valence-electron chi connectivity index (χ1n) is 7.19. The second kappa shape index (κ2) is 8.41. The van der Waals surface area contributed by atoms with Gasteiger partial charge in [-0.2, -0.15) is 0 Å². The fourth-order valence-electron chi connectivity index (χ4n) is 2.12. The molecule has 0 bridgehead atoms. The molecule has 110 valence electrons. The van der Waals surface area contributed by atoms with E-state index in [1.807, 2.05) is 32.1 Å². The van der Waals surface area contributed by atoms with Crippen LogP contribution in [-0.4, -0.2) is 19.6 Å². The zero-order chi connectivity index (χ0) is 15.0. The number of amides is 1. The van der Waals surface area contributed by atoms with Crippen molar-refractivity contribution in [3.8, 4) is 5.75 Å². The predicted octanol–water partition coefficient (Wildman–Crippen LogP) is 3.63. The van der Waals surface area contributed by atoms with E-state index < -0.39 is 0 Å². The molecule has 0 aliphatic rings. The molecule has 0 aliphatic carbocycles. The Balaban J connectivity index is 2.63. The molecule has 1 aromatic rings. The molecule has 0 unspecified atom stereocenters. The molecule has 1 rings (SSSR count). The van der Waals surface area contributed by atoms with Crippen LogP contribution in [0.15, 0.2) is 18.2 Å². The maximum Gasteiger partial charge on any atom is 0.243 e. The van der Waals surface area contributed by atoms with Crippen molar-refractivity contribution in [2.75, 3.05) is 13.7 Å². The molecule has 0 aliphatic heterocycles. The number of rotatable bonds is 7. The van der Waals surface area contributed by atoms with E-state index in [1.54, 1.807) is 13.2 Å². The number of hydrogen-bond donors (Lipinski definition) is 1. The van der Waals surface area contributed by atoms with Crippen molar-refractivity contribution in [2.45, 2.75) is 40.0 Å². The van der Waals surface area contributed by atoms with Crippen LogP contribution in [0.25, 0.3) is 6.08 Å². The first-order chi connectivity index (χ1) is 9.58. The summed E-state index contributed by atoms with van der Waals surface area (Å²) in [5, 5.41) is 2.90. The lowest BCUT2D eigenvalue weighted by Crippen LogP contribution is -2.21. The summed E-state index contributed by atoms with van der Waals surface area (Å²) in [6.07, 6.45) is 6.83. The Kier molecular flexibility index (Phi) is 6.85. The van der Waals surface area contributed by atoms with E-state index in [2.05, 4.69) is 12.2 Å². The van der Waals surface area contributed by atoms with E-state index >= 15 is 0 Å². The fraction of sp³-hybridized carbons (Fsp3) is 0.471. The van der Waals surface area contributed by atoms with Gasteiger partial charge in [0.1, 0.15) is 5.75 Å². The van der Waals surface area contributed by atoms with Gasteiger partial charge in [-0.05, 0) is 55.2 Å². The first kappa shape index (κ1) is 16.3. The van der Waals surface area contributed by atoms with Gasteiger partial charge in [-0.25, -0.2) is 0 Å². The number of methoxy groups -OCH3 is 1. The van der Waals surface area contributed by atoms with E-state index in [0.717, 1.165) is 48.2 Å². The monoisotopic (exact) mass is 275 g/mol. The molecule has 0 saturated carbocycles. The summed E-state index contributed by atoms with van der Waals surface area (Å²) in [6, 6.07) is 3.96. The number of carbonyl (C=O) groups is 1. The molecule has 0 saturated heterocycles. The summed E-state index contributed by atoms with van der Waals surface area (Å²) in [6.45, 7) is 6.94. The van der Waals surface area contributed by atoms with Crippen molar-refractivity contribution in [2.24, 2.45) is 0 Å². The Labute approximate surface area is 122 Å². The van der Waals surface area contributed by atoms with Crippen LogP contribution < -0.4 is 10.1 Å². The van der Waals surface area contributed by atoms with Crippen LogP contribution in [0.1, 0.15) is 42.9 Å². The van der Waals surface area contributed by atoms with Crippen LogP contribution in [-0.2, 0) is 4.79 Å². The van der Waals surface area contributed by atoms with Gasteiger partial charge in [-0.1, -0.05) is 19.8 Å². The van der Waals surface area contributed by atoms with Crippen molar-refractivity contribution in [3.05, 3.63) is 34.9 Å². The third kappa shape index (κ3) is 5.08. The second-order valence-corrected chi connectivity index (χ2v) is 5.01. The molecule has 0 spiro atoms. The Morgan fingerprint density at radius 2 is 1.90 bits per heavy atom. The maximum absolute atomic E-state index is 11.7. The summed E-state index contributed by atoms with van der Waals surface area (Å²) in [4.78, 5) is 11.7. The highest BCUT2D eigenvalue weighted by Crippen LogP contribution is 2.22. The van der Waals surface area contributed by atoms with Crippen LogP contribution in [0.4, 0.5) is 0 Å². The fourth-order valence-corrected chi connectivity index (χ4v) is 2.12. The molecule has 1 amide bonds. The average molecular weight is 275 g/mol. The molecule has 0 fully saturated rings. The number of carbonyl (C=O) groups excluding carboxylic acids is 1. The Hall–Kier alpha value is -1.77. The van der Waals surface area contributed by atoms with Gasteiger partial charge >= 0.3 is 0 Å². The first-order valence-corrected chi connectivity index (χ1v) is 7.19. The van der Waals surface area contributed by atoms with Crippen molar-refractivity contribution in [1.82, 2.24) is 5.32 Å². The van der Waals surface area contributed by atoms with E-state index in [4.69, 9.17) is 4.74 Å². The van der Waals surface area contributed by atoms with E-state index in [0.29, 0.717) is 0 Å². The zero-order valence-electron chi connectivity index (χ0n) is 13.0. The lowest BCUT2D eigenvalue weighted by atomic mass is 10.0. The third-order valence-corrected chi connectivity index (χ3v) is 3.28. The van der Waals surface area contributed by atoms with Gasteiger partial charge in [0.05, 0.1) is 7.11 Å². The van der Waals surface area contributed by atoms with Gasteiger partial charge in [0, 0.05) is 12.6 Å². The zero-order valence-corrected chi connectivity index (χ0v) is 13.0. The quantitative estimate of drug-likeness (QED) is 0.609. The number of aryl methyl sites for hydroxylation is 2. The van der Waals surface area contributed by atoms with Crippen LogP contribution in [0, 0.1) is 13.8 Å². The van der Waals surface area contributed by atoms with Gasteiger partial charge in [0.2, 0.25) is 5.91 Å². The predicted molar refractivity (Wildman–Crippen MR) is 84.0 cm³/mol. The van der Waals surface area contributed by atoms with Crippen molar-refractivity contribution < 1.29 is 9.53 Å². The van der Waals surface area contributed by atoms with Crippen molar-refractivity contribution in [1.29, 1.82) is 0 Å². The summed E-state index contributed by atoms with van der Waals surface area (Å²) in [5.41, 5.74) is 3.29. The Morgan fingerprint density at radius 1 is 1.25 bits per heavy atom. The topological polar surface area (TPSA) is 38.3 Å². The van der Waals surface area contributed by atoms with Crippen LogP contribution in [0.2, 0.25) is 0 Å². The molecule has 3 nitrogen and oxygen atoms in total. The molecular weight excluding hydrogens is 250 g/mol. The summed E-state index contributed by atoms with van der Waals surface area (Å²) in [7, 11) is 1.66. The molecule has 0 aromatic heterocycles. The molecule has 0 radical (unpaired) electrons. The Bertz CT molecular complexity index is 455. The van der Waals surface area contributed by atoms with Crippen molar-refractivity contribution in [3.63, 3.8) is 0 Å². The van der Waals surface area contributed by atoms with Gasteiger partial charge in [0.25, 0.3) is 0 Å². The average Bonchev–Trinajstić information content (AvgIpc) is 2.42. The van der Waals surface area contributed by atoms with Gasteiger partial charge in [-0.15, -0.1) is 0 Å². The largest absolute Gasteiger partial charge is 0.497 e. The standard InChI is InChI=1S/C17H25NO2/c1-5-6-7-10-18-17(19)9-8-16-13(2)11-15(20-4)12-14(16)3/h8-9,11-12H,5-7,10H2,1-4H3,(H,18,19)/b9-8+. The Morgan fingerprint density at radius 3 is 2.45 bits per heavy atom. The molecule has 1 aromatic carbocycles. The minimum absolute atomic E-state index is 0.0317. The van der Waals surface area contributed by atoms with Crippen LogP contribution in [0.3, 0.4) is 0 Å². The number of nitrogens with one attached hydrogen (secondary N) is 1. The number of ether oxygens (including phenoxy) is 1. The summed E-state index contributed by atoms with van der Waals surface area (Å²) < 4.78 is 5.23. The van der Waals surface area contributed by atoms with Gasteiger partial charge in [0.15, 0.2) is 0 Å². The highest BCUT2D eigenvalue weighted by Gasteiger charge is 2.03. The number of benzene rings is 1. The normalized spacial score (nSPS) is 10.8. The summed E-state index contributed by atoms with van der Waals surface area (Å²) >= 11 is 0. The highest BCUT2D eigenvalue weighted by molar-refractivity contribution is 5.92. The van der Waals surface area contributed by atoms with E-state index in [1.165, 1.54) is 0 Å². The minimum atomic E-state index is -0.0317. The number of unbranched alkanes of at least 4 members (excludes halogenated alkanes) is 2. The van der Waals surface area contributed by atoms with E-state index in [-0.39, 0.29) is 5.91 Å². The maximum atomic E-state index is 11.7. The summed E-state index contributed by atoms with van der Waals surface area (Å²) in [5.74, 6) is 0.817. The number of hydrogen-bond acceptors (Lipinski definition) is 2. The molecule has 20 heavy (non-hydrogen) atoms.